The highest BCUT2D eigenvalue weighted by Gasteiger charge is 2.13. The molecule has 0 spiro atoms. The van der Waals surface area contributed by atoms with E-state index in [0.29, 0.717) is 17.3 Å². The summed E-state index contributed by atoms with van der Waals surface area (Å²) in [5, 5.41) is 0. The van der Waals surface area contributed by atoms with Crippen molar-refractivity contribution in [1.29, 1.82) is 0 Å². The summed E-state index contributed by atoms with van der Waals surface area (Å²) < 4.78 is 28.8. The molecule has 0 fully saturated rings. The maximum absolute atomic E-state index is 11.6. The van der Waals surface area contributed by atoms with E-state index < -0.39 is 9.84 Å². The van der Waals surface area contributed by atoms with Crippen molar-refractivity contribution in [1.82, 2.24) is 0 Å². The normalized spacial score (nSPS) is 12.5. The summed E-state index contributed by atoms with van der Waals surface area (Å²) in [6, 6.07) is 6.59. The van der Waals surface area contributed by atoms with Gasteiger partial charge in [-0.2, -0.15) is 0 Å². The predicted molar refractivity (Wildman–Crippen MR) is 69.1 cm³/mol. The molecule has 0 heterocycles. The fourth-order valence-electron chi connectivity index (χ4n) is 1.21. The number of benzene rings is 1. The molecular formula is C13H20O3S. The molecule has 0 unspecified atom stereocenters. The standard InChI is InChI=1S/C13H20O3S/c1-5-17(14,15)12-8-6-11(7-9-12)16-10-13(2,3)4/h6-9H,5,10H2,1-4H3. The Bertz CT molecular complexity index is 452. The van der Waals surface area contributed by atoms with E-state index in [2.05, 4.69) is 20.8 Å². The van der Waals surface area contributed by atoms with Gasteiger partial charge in [0.15, 0.2) is 9.84 Å². The molecule has 0 atom stereocenters. The van der Waals surface area contributed by atoms with Crippen molar-refractivity contribution in [3.05, 3.63) is 24.3 Å². The van der Waals surface area contributed by atoms with Crippen LogP contribution < -0.4 is 4.74 Å². The number of hydrogen-bond donors (Lipinski definition) is 0. The number of hydrogen-bond acceptors (Lipinski definition) is 3. The molecule has 1 aromatic carbocycles. The maximum atomic E-state index is 11.6. The van der Waals surface area contributed by atoms with E-state index >= 15 is 0 Å². The lowest BCUT2D eigenvalue weighted by atomic mass is 9.99. The fraction of sp³-hybridized carbons (Fsp3) is 0.538. The SMILES string of the molecule is CCS(=O)(=O)c1ccc(OCC(C)(C)C)cc1. The van der Waals surface area contributed by atoms with Crippen LogP contribution in [0.25, 0.3) is 0 Å². The Hall–Kier alpha value is -1.03. The van der Waals surface area contributed by atoms with Gasteiger partial charge in [-0.05, 0) is 29.7 Å². The van der Waals surface area contributed by atoms with Gasteiger partial charge in [-0.15, -0.1) is 0 Å². The first-order chi connectivity index (χ1) is 7.74. The summed E-state index contributed by atoms with van der Waals surface area (Å²) in [4.78, 5) is 0.350. The molecule has 1 rings (SSSR count). The van der Waals surface area contributed by atoms with Gasteiger partial charge < -0.3 is 4.74 Å². The van der Waals surface area contributed by atoms with Crippen molar-refractivity contribution in [2.75, 3.05) is 12.4 Å². The lowest BCUT2D eigenvalue weighted by molar-refractivity contribution is 0.198. The first kappa shape index (κ1) is 14.0. The maximum Gasteiger partial charge on any atom is 0.178 e. The van der Waals surface area contributed by atoms with Crippen molar-refractivity contribution in [3.8, 4) is 5.75 Å². The average Bonchev–Trinajstić information content (AvgIpc) is 2.26. The molecule has 0 N–H and O–H groups in total. The summed E-state index contributed by atoms with van der Waals surface area (Å²) in [5.41, 5.74) is 0.0914. The van der Waals surface area contributed by atoms with E-state index in [1.54, 1.807) is 31.2 Å². The third-order valence-corrected chi connectivity index (χ3v) is 3.99. The molecule has 0 aliphatic rings. The van der Waals surface area contributed by atoms with Crippen LogP contribution in [0.4, 0.5) is 0 Å². The molecule has 0 aliphatic heterocycles. The van der Waals surface area contributed by atoms with Crippen LogP contribution in [0.2, 0.25) is 0 Å². The van der Waals surface area contributed by atoms with E-state index in [9.17, 15) is 8.42 Å². The van der Waals surface area contributed by atoms with Gasteiger partial charge in [0.25, 0.3) is 0 Å². The molecule has 4 heteroatoms. The average molecular weight is 256 g/mol. The lowest BCUT2D eigenvalue weighted by Gasteiger charge is -2.18. The topological polar surface area (TPSA) is 43.4 Å². The Labute approximate surface area is 104 Å². The Morgan fingerprint density at radius 1 is 1.12 bits per heavy atom. The molecule has 0 aliphatic carbocycles. The Balaban J connectivity index is 2.76. The summed E-state index contributed by atoms with van der Waals surface area (Å²) in [7, 11) is -3.11. The summed E-state index contributed by atoms with van der Waals surface area (Å²) in [6.07, 6.45) is 0. The molecule has 0 aromatic heterocycles. The zero-order chi connectivity index (χ0) is 13.1. The van der Waals surface area contributed by atoms with Crippen molar-refractivity contribution in [2.45, 2.75) is 32.6 Å². The molecule has 17 heavy (non-hydrogen) atoms. The summed E-state index contributed by atoms with van der Waals surface area (Å²) in [5.74, 6) is 0.824. The second kappa shape index (κ2) is 5.08. The molecule has 96 valence electrons. The van der Waals surface area contributed by atoms with E-state index in [-0.39, 0.29) is 11.2 Å². The van der Waals surface area contributed by atoms with Crippen LogP contribution in [0, 0.1) is 5.41 Å². The molecule has 3 nitrogen and oxygen atoms in total. The largest absolute Gasteiger partial charge is 0.493 e. The van der Waals surface area contributed by atoms with Crippen LogP contribution in [0.1, 0.15) is 27.7 Å². The first-order valence-corrected chi connectivity index (χ1v) is 7.35. The lowest BCUT2D eigenvalue weighted by Crippen LogP contribution is -2.16. The van der Waals surface area contributed by atoms with Gasteiger partial charge in [-0.25, -0.2) is 8.42 Å². The molecule has 0 bridgehead atoms. The quantitative estimate of drug-likeness (QED) is 0.832. The summed E-state index contributed by atoms with van der Waals surface area (Å²) >= 11 is 0. The van der Waals surface area contributed by atoms with E-state index in [4.69, 9.17) is 4.74 Å². The third kappa shape index (κ3) is 4.38. The van der Waals surface area contributed by atoms with Gasteiger partial charge >= 0.3 is 0 Å². The molecule has 0 radical (unpaired) electrons. The van der Waals surface area contributed by atoms with Crippen LogP contribution in [0.5, 0.6) is 5.75 Å². The van der Waals surface area contributed by atoms with Crippen LogP contribution in [-0.4, -0.2) is 20.8 Å². The van der Waals surface area contributed by atoms with Gasteiger partial charge in [0.05, 0.1) is 17.3 Å². The van der Waals surface area contributed by atoms with Gasteiger partial charge in [-0.3, -0.25) is 0 Å². The van der Waals surface area contributed by atoms with E-state index in [1.807, 2.05) is 0 Å². The Kier molecular flexibility index (Phi) is 4.20. The van der Waals surface area contributed by atoms with Crippen molar-refractivity contribution < 1.29 is 13.2 Å². The smallest absolute Gasteiger partial charge is 0.178 e. The minimum Gasteiger partial charge on any atom is -0.493 e. The number of ether oxygens (including phenoxy) is 1. The number of sulfone groups is 1. The third-order valence-electron chi connectivity index (χ3n) is 2.23. The minimum atomic E-state index is -3.11. The molecule has 0 amide bonds. The zero-order valence-corrected chi connectivity index (χ0v) is 11.7. The Morgan fingerprint density at radius 2 is 1.65 bits per heavy atom. The number of rotatable bonds is 4. The molecule has 0 saturated heterocycles. The molecule has 0 saturated carbocycles. The second-order valence-corrected chi connectivity index (χ2v) is 7.50. The predicted octanol–water partition coefficient (Wildman–Crippen LogP) is 2.91. The van der Waals surface area contributed by atoms with Gasteiger partial charge in [-0.1, -0.05) is 27.7 Å². The highest BCUT2D eigenvalue weighted by molar-refractivity contribution is 7.91. The highest BCUT2D eigenvalue weighted by atomic mass is 32.2. The molecular weight excluding hydrogens is 236 g/mol. The fourth-order valence-corrected chi connectivity index (χ4v) is 2.09. The van der Waals surface area contributed by atoms with Crippen molar-refractivity contribution >= 4 is 9.84 Å². The van der Waals surface area contributed by atoms with E-state index in [0.717, 1.165) is 0 Å². The van der Waals surface area contributed by atoms with Crippen molar-refractivity contribution in [2.24, 2.45) is 5.41 Å². The zero-order valence-electron chi connectivity index (χ0n) is 10.9. The first-order valence-electron chi connectivity index (χ1n) is 5.70. The van der Waals surface area contributed by atoms with E-state index in [1.165, 1.54) is 0 Å². The van der Waals surface area contributed by atoms with Crippen LogP contribution in [-0.2, 0) is 9.84 Å². The van der Waals surface area contributed by atoms with Crippen molar-refractivity contribution in [3.63, 3.8) is 0 Å². The van der Waals surface area contributed by atoms with Crippen LogP contribution >= 0.6 is 0 Å². The summed E-state index contributed by atoms with van der Waals surface area (Å²) in [6.45, 7) is 8.50. The van der Waals surface area contributed by atoms with Gasteiger partial charge in [0.2, 0.25) is 0 Å². The highest BCUT2D eigenvalue weighted by Crippen LogP contribution is 2.20. The monoisotopic (exact) mass is 256 g/mol. The second-order valence-electron chi connectivity index (χ2n) is 5.22. The van der Waals surface area contributed by atoms with Crippen LogP contribution in [0.3, 0.4) is 0 Å². The molecule has 1 aromatic rings. The van der Waals surface area contributed by atoms with Crippen LogP contribution in [0.15, 0.2) is 29.2 Å². The minimum absolute atomic E-state index is 0.0914. The van der Waals surface area contributed by atoms with Gasteiger partial charge in [0, 0.05) is 0 Å². The van der Waals surface area contributed by atoms with Gasteiger partial charge in [0.1, 0.15) is 5.75 Å². The Morgan fingerprint density at radius 3 is 2.06 bits per heavy atom.